The van der Waals surface area contributed by atoms with E-state index in [2.05, 4.69) is 27.0 Å². The van der Waals surface area contributed by atoms with Gasteiger partial charge in [-0.25, -0.2) is 0 Å². The summed E-state index contributed by atoms with van der Waals surface area (Å²) in [6, 6.07) is 0. The molecule has 0 aliphatic rings. The van der Waals surface area contributed by atoms with E-state index in [1.54, 1.807) is 7.11 Å². The van der Waals surface area contributed by atoms with Crippen molar-refractivity contribution in [3.05, 3.63) is 36.6 Å². The first-order valence-electron chi connectivity index (χ1n) is 5.21. The van der Waals surface area contributed by atoms with E-state index >= 15 is 0 Å². The highest BCUT2D eigenvalue weighted by Gasteiger charge is 2.02. The van der Waals surface area contributed by atoms with Crippen molar-refractivity contribution in [3.8, 4) is 0 Å². The molecule has 0 saturated heterocycles. The van der Waals surface area contributed by atoms with Crippen LogP contribution in [0, 0.1) is 5.92 Å². The number of ether oxygens (including phenoxy) is 1. The van der Waals surface area contributed by atoms with Crippen LogP contribution >= 0.6 is 0 Å². The Kier molecular flexibility index (Phi) is 6.91. The van der Waals surface area contributed by atoms with Gasteiger partial charge in [0.2, 0.25) is 0 Å². The van der Waals surface area contributed by atoms with E-state index in [0.29, 0.717) is 11.7 Å². The van der Waals surface area contributed by atoms with Gasteiger partial charge in [0.25, 0.3) is 0 Å². The lowest BCUT2D eigenvalue weighted by atomic mass is 9.96. The van der Waals surface area contributed by atoms with Crippen LogP contribution in [0.25, 0.3) is 0 Å². The molecule has 0 bridgehead atoms. The molecule has 1 nitrogen and oxygen atoms in total. The third-order valence-corrected chi connectivity index (χ3v) is 2.37. The highest BCUT2D eigenvalue weighted by atomic mass is 16.5. The molecule has 0 saturated carbocycles. The van der Waals surface area contributed by atoms with Crippen LogP contribution < -0.4 is 0 Å². The van der Waals surface area contributed by atoms with Gasteiger partial charge in [-0.3, -0.25) is 0 Å². The summed E-state index contributed by atoms with van der Waals surface area (Å²) in [5.41, 5.74) is 1.15. The van der Waals surface area contributed by atoms with E-state index in [0.717, 1.165) is 5.57 Å². The van der Waals surface area contributed by atoms with Crippen molar-refractivity contribution in [1.82, 2.24) is 0 Å². The van der Waals surface area contributed by atoms with Crippen LogP contribution in [0.3, 0.4) is 0 Å². The van der Waals surface area contributed by atoms with Gasteiger partial charge in [0, 0.05) is 0 Å². The van der Waals surface area contributed by atoms with Crippen LogP contribution in [0.5, 0.6) is 0 Å². The molecule has 0 aliphatic heterocycles. The number of hydrogen-bond donors (Lipinski definition) is 0. The van der Waals surface area contributed by atoms with Crippen molar-refractivity contribution in [2.45, 2.75) is 33.1 Å². The van der Waals surface area contributed by atoms with Crippen molar-refractivity contribution in [2.24, 2.45) is 5.92 Å². The minimum atomic E-state index is 0.552. The van der Waals surface area contributed by atoms with Crippen LogP contribution in [0.4, 0.5) is 0 Å². The van der Waals surface area contributed by atoms with E-state index in [9.17, 15) is 0 Å². The van der Waals surface area contributed by atoms with Crippen LogP contribution in [0.2, 0.25) is 0 Å². The molecule has 0 spiro atoms. The average molecular weight is 194 g/mol. The molecule has 1 atom stereocenters. The molecule has 14 heavy (non-hydrogen) atoms. The minimum absolute atomic E-state index is 0.552. The monoisotopic (exact) mass is 194 g/mol. The van der Waals surface area contributed by atoms with E-state index in [1.807, 2.05) is 12.2 Å². The lowest BCUT2D eigenvalue weighted by Gasteiger charge is -2.10. The van der Waals surface area contributed by atoms with Crippen LogP contribution in [-0.4, -0.2) is 7.11 Å². The molecular weight excluding hydrogens is 172 g/mol. The molecule has 0 radical (unpaired) electrons. The van der Waals surface area contributed by atoms with Gasteiger partial charge in [-0.1, -0.05) is 51.5 Å². The van der Waals surface area contributed by atoms with E-state index in [4.69, 9.17) is 4.74 Å². The molecule has 0 amide bonds. The predicted molar refractivity (Wildman–Crippen MR) is 63.1 cm³/mol. The summed E-state index contributed by atoms with van der Waals surface area (Å²) < 4.78 is 4.94. The van der Waals surface area contributed by atoms with Crippen LogP contribution in [0.1, 0.15) is 33.1 Å². The second kappa shape index (κ2) is 7.43. The molecule has 0 N–H and O–H groups in total. The predicted octanol–water partition coefficient (Wildman–Crippen LogP) is 4.09. The van der Waals surface area contributed by atoms with Gasteiger partial charge in [-0.2, -0.15) is 0 Å². The minimum Gasteiger partial charge on any atom is -0.497 e. The number of allylic oxidation sites excluding steroid dienone is 3. The maximum Gasteiger partial charge on any atom is 0.111 e. The summed E-state index contributed by atoms with van der Waals surface area (Å²) in [5.74, 6) is 1.23. The largest absolute Gasteiger partial charge is 0.497 e. The molecule has 1 unspecified atom stereocenters. The maximum absolute atomic E-state index is 4.94. The lowest BCUT2D eigenvalue weighted by molar-refractivity contribution is 0.308. The topological polar surface area (TPSA) is 9.23 Å². The quantitative estimate of drug-likeness (QED) is 0.438. The average Bonchev–Trinajstić information content (AvgIpc) is 2.21. The van der Waals surface area contributed by atoms with Crippen LogP contribution in [0.15, 0.2) is 36.6 Å². The molecule has 0 aromatic carbocycles. The lowest BCUT2D eigenvalue weighted by Crippen LogP contribution is -1.95. The van der Waals surface area contributed by atoms with Gasteiger partial charge >= 0.3 is 0 Å². The highest BCUT2D eigenvalue weighted by Crippen LogP contribution is 2.17. The third kappa shape index (κ3) is 5.63. The zero-order valence-electron chi connectivity index (χ0n) is 9.68. The highest BCUT2D eigenvalue weighted by molar-refractivity contribution is 5.22. The van der Waals surface area contributed by atoms with Crippen molar-refractivity contribution in [1.29, 1.82) is 0 Å². The van der Waals surface area contributed by atoms with Gasteiger partial charge in [-0.15, -0.1) is 0 Å². The van der Waals surface area contributed by atoms with E-state index < -0.39 is 0 Å². The van der Waals surface area contributed by atoms with Crippen molar-refractivity contribution in [2.75, 3.05) is 7.11 Å². The van der Waals surface area contributed by atoms with Gasteiger partial charge in [0.1, 0.15) is 5.76 Å². The summed E-state index contributed by atoms with van der Waals surface area (Å²) in [5, 5.41) is 0. The van der Waals surface area contributed by atoms with Gasteiger partial charge in [-0.05, 0) is 18.4 Å². The van der Waals surface area contributed by atoms with Crippen molar-refractivity contribution in [3.63, 3.8) is 0 Å². The normalized spacial score (nSPS) is 12.8. The Hall–Kier alpha value is -0.980. The smallest absolute Gasteiger partial charge is 0.111 e. The molecule has 0 rings (SSSR count). The Balaban J connectivity index is 3.94. The zero-order chi connectivity index (χ0) is 11.0. The molecule has 0 aromatic heterocycles. The maximum atomic E-state index is 4.94. The number of rotatable bonds is 7. The van der Waals surface area contributed by atoms with Gasteiger partial charge < -0.3 is 4.74 Å². The van der Waals surface area contributed by atoms with Gasteiger partial charge in [0.15, 0.2) is 0 Å². The summed E-state index contributed by atoms with van der Waals surface area (Å²) >= 11 is 0. The number of hydrogen-bond acceptors (Lipinski definition) is 1. The van der Waals surface area contributed by atoms with E-state index in [-0.39, 0.29) is 0 Å². The summed E-state index contributed by atoms with van der Waals surface area (Å²) in [6.07, 6.45) is 7.57. The fourth-order valence-electron chi connectivity index (χ4n) is 1.13. The first-order chi connectivity index (χ1) is 6.61. The first kappa shape index (κ1) is 13.0. The van der Waals surface area contributed by atoms with Crippen molar-refractivity contribution >= 4 is 0 Å². The molecule has 0 fully saturated rings. The van der Waals surface area contributed by atoms with E-state index in [1.165, 1.54) is 19.3 Å². The Bertz CT molecular complexity index is 213. The Morgan fingerprint density at radius 2 is 2.00 bits per heavy atom. The standard InChI is InChI=1S/C13H22O/c1-6-7-8-11(2)12(3)9-10-13(4)14-5/h9-11H,3-4,6-8H2,1-2,5H3/b10-9-. The second-order valence-electron chi connectivity index (χ2n) is 3.62. The second-order valence-corrected chi connectivity index (χ2v) is 3.62. The molecule has 0 aromatic rings. The fourth-order valence-corrected chi connectivity index (χ4v) is 1.13. The number of unbranched alkanes of at least 4 members (excludes halogenated alkanes) is 1. The molecular formula is C13H22O. The Labute approximate surface area is 88.2 Å². The summed E-state index contributed by atoms with van der Waals surface area (Å²) in [7, 11) is 1.62. The molecule has 0 aliphatic carbocycles. The fraction of sp³-hybridized carbons (Fsp3) is 0.538. The molecule has 80 valence electrons. The SMILES string of the molecule is C=C(/C=C\C(=C)C(C)CCCC)OC. The van der Waals surface area contributed by atoms with Crippen LogP contribution in [-0.2, 0) is 4.74 Å². The molecule has 0 heterocycles. The Morgan fingerprint density at radius 1 is 1.36 bits per heavy atom. The summed E-state index contributed by atoms with van der Waals surface area (Å²) in [6.45, 7) is 12.2. The summed E-state index contributed by atoms with van der Waals surface area (Å²) in [4.78, 5) is 0. The first-order valence-corrected chi connectivity index (χ1v) is 5.21. The Morgan fingerprint density at radius 3 is 2.50 bits per heavy atom. The third-order valence-electron chi connectivity index (χ3n) is 2.37. The zero-order valence-corrected chi connectivity index (χ0v) is 9.68. The number of methoxy groups -OCH3 is 1. The molecule has 1 heteroatoms. The van der Waals surface area contributed by atoms with Gasteiger partial charge in [0.05, 0.1) is 7.11 Å². The van der Waals surface area contributed by atoms with Crippen molar-refractivity contribution < 1.29 is 4.74 Å².